The van der Waals surface area contributed by atoms with E-state index in [0.29, 0.717) is 12.3 Å². The predicted octanol–water partition coefficient (Wildman–Crippen LogP) is 3.72. The van der Waals surface area contributed by atoms with Crippen molar-refractivity contribution in [2.24, 2.45) is 11.7 Å². The lowest BCUT2D eigenvalue weighted by Crippen LogP contribution is -2.27. The molecule has 6 heteroatoms. The monoisotopic (exact) mass is 373 g/mol. The number of nitrogens with two attached hydrogens (primary N) is 1. The molecule has 1 atom stereocenters. The number of aromatic nitrogens is 1. The topological polar surface area (TPSA) is 86.4 Å². The average Bonchev–Trinajstić information content (AvgIpc) is 2.86. The number of hydrogen-bond donors (Lipinski definition) is 2. The van der Waals surface area contributed by atoms with Gasteiger partial charge in [-0.3, -0.25) is 4.79 Å². The molecule has 148 valence electrons. The Hall–Kier alpha value is -2.34. The molecule has 0 saturated carbocycles. The third kappa shape index (κ3) is 6.10. The highest BCUT2D eigenvalue weighted by Crippen LogP contribution is 2.23. The Balaban J connectivity index is 2.04. The van der Waals surface area contributed by atoms with Gasteiger partial charge in [-0.15, -0.1) is 0 Å². The van der Waals surface area contributed by atoms with Crippen LogP contribution >= 0.6 is 0 Å². The minimum absolute atomic E-state index is 0.253. The van der Waals surface area contributed by atoms with Crippen LogP contribution in [0, 0.1) is 12.8 Å². The second kappa shape index (κ2) is 8.57. The van der Waals surface area contributed by atoms with E-state index in [1.54, 1.807) is 4.57 Å². The number of carbonyl (C=O) groups excluding carboxylic acids is 2. The van der Waals surface area contributed by atoms with Crippen LogP contribution in [0.4, 0.5) is 4.79 Å². The van der Waals surface area contributed by atoms with Crippen molar-refractivity contribution in [2.75, 3.05) is 6.54 Å². The van der Waals surface area contributed by atoms with Crippen LogP contribution in [0.5, 0.6) is 0 Å². The number of ether oxygens (including phenoxy) is 1. The molecule has 2 rings (SSSR count). The Morgan fingerprint density at radius 3 is 2.59 bits per heavy atom. The molecule has 0 aliphatic heterocycles. The molecule has 2 aromatic rings. The number of primary amides is 1. The van der Waals surface area contributed by atoms with Gasteiger partial charge in [0.05, 0.1) is 5.52 Å². The summed E-state index contributed by atoms with van der Waals surface area (Å²) in [6.07, 6.45) is 0.857. The zero-order valence-corrected chi connectivity index (χ0v) is 17.0. The molecule has 0 saturated heterocycles. The van der Waals surface area contributed by atoms with E-state index in [9.17, 15) is 9.59 Å². The van der Waals surface area contributed by atoms with Gasteiger partial charge in [-0.05, 0) is 70.3 Å². The molecule has 27 heavy (non-hydrogen) atoms. The first kappa shape index (κ1) is 21.0. The Kier molecular flexibility index (Phi) is 6.65. The van der Waals surface area contributed by atoms with E-state index in [1.165, 1.54) is 0 Å². The highest BCUT2D eigenvalue weighted by atomic mass is 16.6. The van der Waals surface area contributed by atoms with Gasteiger partial charge in [0, 0.05) is 24.0 Å². The molecule has 1 amide bonds. The van der Waals surface area contributed by atoms with Crippen LogP contribution < -0.4 is 11.1 Å². The van der Waals surface area contributed by atoms with E-state index in [4.69, 9.17) is 10.5 Å². The number of carbonyl (C=O) groups is 2. The van der Waals surface area contributed by atoms with Crippen LogP contribution in [-0.2, 0) is 16.1 Å². The fraction of sp³-hybridized carbons (Fsp3) is 0.524. The van der Waals surface area contributed by atoms with Gasteiger partial charge >= 0.3 is 6.09 Å². The molecule has 6 nitrogen and oxygen atoms in total. The van der Waals surface area contributed by atoms with E-state index in [0.717, 1.165) is 41.7 Å². The number of nitrogens with one attached hydrogen (secondary N) is 1. The van der Waals surface area contributed by atoms with Crippen molar-refractivity contribution < 1.29 is 14.3 Å². The van der Waals surface area contributed by atoms with Crippen molar-refractivity contribution in [3.63, 3.8) is 0 Å². The molecule has 0 aliphatic rings. The highest BCUT2D eigenvalue weighted by Gasteiger charge is 2.20. The SMILES string of the molecule is Cc1cc2cc(CNCC(C)CCC(N)=O)ccc2n1C(=O)OC(C)(C)C. The van der Waals surface area contributed by atoms with Gasteiger partial charge in [0.25, 0.3) is 0 Å². The molecule has 0 bridgehead atoms. The summed E-state index contributed by atoms with van der Waals surface area (Å²) in [5, 5.41) is 4.43. The molecular formula is C21H31N3O3. The Bertz CT molecular complexity index is 818. The number of hydrogen-bond acceptors (Lipinski definition) is 4. The normalized spacial score (nSPS) is 12.9. The van der Waals surface area contributed by atoms with Gasteiger partial charge in [-0.2, -0.15) is 0 Å². The van der Waals surface area contributed by atoms with Gasteiger partial charge in [-0.25, -0.2) is 9.36 Å². The largest absolute Gasteiger partial charge is 0.443 e. The first-order chi connectivity index (χ1) is 12.6. The van der Waals surface area contributed by atoms with Crippen molar-refractivity contribution >= 4 is 22.9 Å². The first-order valence-corrected chi connectivity index (χ1v) is 9.40. The summed E-state index contributed by atoms with van der Waals surface area (Å²) in [6.45, 7) is 11.1. The predicted molar refractivity (Wildman–Crippen MR) is 108 cm³/mol. The molecule has 1 aromatic heterocycles. The van der Waals surface area contributed by atoms with Crippen LogP contribution in [-0.4, -0.2) is 28.7 Å². The number of aryl methyl sites for hydroxylation is 1. The summed E-state index contributed by atoms with van der Waals surface area (Å²) < 4.78 is 7.13. The Morgan fingerprint density at radius 1 is 1.26 bits per heavy atom. The van der Waals surface area contributed by atoms with Gasteiger partial charge < -0.3 is 15.8 Å². The molecular weight excluding hydrogens is 342 g/mol. The van der Waals surface area contributed by atoms with Crippen molar-refractivity contribution in [3.05, 3.63) is 35.5 Å². The zero-order valence-electron chi connectivity index (χ0n) is 17.0. The van der Waals surface area contributed by atoms with Gasteiger partial charge in [0.2, 0.25) is 5.91 Å². The van der Waals surface area contributed by atoms with Crippen LogP contribution in [0.2, 0.25) is 0 Å². The summed E-state index contributed by atoms with van der Waals surface area (Å²) in [6, 6.07) is 8.06. The second-order valence-electron chi connectivity index (χ2n) is 8.24. The molecule has 3 N–H and O–H groups in total. The maximum atomic E-state index is 12.5. The van der Waals surface area contributed by atoms with Gasteiger partial charge in [0.1, 0.15) is 5.60 Å². The van der Waals surface area contributed by atoms with Gasteiger partial charge in [0.15, 0.2) is 0 Å². The minimum atomic E-state index is -0.533. The van der Waals surface area contributed by atoms with Crippen molar-refractivity contribution in [1.29, 1.82) is 0 Å². The molecule has 0 fully saturated rings. The van der Waals surface area contributed by atoms with Gasteiger partial charge in [-0.1, -0.05) is 13.0 Å². The summed E-state index contributed by atoms with van der Waals surface area (Å²) >= 11 is 0. The molecule has 1 aromatic carbocycles. The Morgan fingerprint density at radius 2 is 1.96 bits per heavy atom. The second-order valence-corrected chi connectivity index (χ2v) is 8.24. The smallest absolute Gasteiger partial charge is 0.419 e. The van der Waals surface area contributed by atoms with Crippen LogP contribution in [0.15, 0.2) is 24.3 Å². The Labute approximate surface area is 161 Å². The summed E-state index contributed by atoms with van der Waals surface area (Å²) in [5.41, 5.74) is 7.50. The number of fused-ring (bicyclic) bond motifs is 1. The lowest BCUT2D eigenvalue weighted by molar-refractivity contribution is -0.118. The summed E-state index contributed by atoms with van der Waals surface area (Å²) in [4.78, 5) is 23.3. The number of benzene rings is 1. The van der Waals surface area contributed by atoms with Crippen molar-refractivity contribution in [1.82, 2.24) is 9.88 Å². The molecule has 0 spiro atoms. The number of rotatable bonds is 7. The zero-order chi connectivity index (χ0) is 20.2. The fourth-order valence-corrected chi connectivity index (χ4v) is 3.02. The standard InChI is InChI=1S/C21H31N3O3/c1-14(6-9-19(22)25)12-23-13-16-7-8-18-17(11-16)10-15(2)24(18)20(26)27-21(3,4)5/h7-8,10-11,14,23H,6,9,12-13H2,1-5H3,(H2,22,25). The van der Waals surface area contributed by atoms with Crippen LogP contribution in [0.1, 0.15) is 51.8 Å². The summed E-state index contributed by atoms with van der Waals surface area (Å²) in [5.74, 6) is 0.133. The quantitative estimate of drug-likeness (QED) is 0.774. The maximum Gasteiger partial charge on any atom is 0.419 e. The third-order valence-corrected chi connectivity index (χ3v) is 4.33. The maximum absolute atomic E-state index is 12.5. The number of amides is 1. The third-order valence-electron chi connectivity index (χ3n) is 4.33. The van der Waals surface area contributed by atoms with Crippen LogP contribution in [0.25, 0.3) is 10.9 Å². The van der Waals surface area contributed by atoms with E-state index < -0.39 is 5.60 Å². The van der Waals surface area contributed by atoms with Crippen molar-refractivity contribution in [3.8, 4) is 0 Å². The molecule has 0 aliphatic carbocycles. The lowest BCUT2D eigenvalue weighted by atomic mass is 10.1. The number of nitrogens with zero attached hydrogens (tertiary/aromatic N) is 1. The van der Waals surface area contributed by atoms with E-state index in [-0.39, 0.29) is 12.0 Å². The van der Waals surface area contributed by atoms with E-state index in [1.807, 2.05) is 45.9 Å². The fourth-order valence-electron chi connectivity index (χ4n) is 3.02. The molecule has 1 heterocycles. The van der Waals surface area contributed by atoms with E-state index >= 15 is 0 Å². The van der Waals surface area contributed by atoms with Crippen LogP contribution in [0.3, 0.4) is 0 Å². The highest BCUT2D eigenvalue weighted by molar-refractivity contribution is 5.91. The lowest BCUT2D eigenvalue weighted by Gasteiger charge is -2.20. The summed E-state index contributed by atoms with van der Waals surface area (Å²) in [7, 11) is 0. The molecule has 1 unspecified atom stereocenters. The minimum Gasteiger partial charge on any atom is -0.443 e. The first-order valence-electron chi connectivity index (χ1n) is 9.40. The van der Waals surface area contributed by atoms with Crippen molar-refractivity contribution in [2.45, 2.75) is 59.6 Å². The molecule has 0 radical (unpaired) electrons. The average molecular weight is 373 g/mol. The van der Waals surface area contributed by atoms with E-state index in [2.05, 4.69) is 18.3 Å².